The fraction of sp³-hybridized carbons (Fsp3) is 0.500. The van der Waals surface area contributed by atoms with Crippen LogP contribution in [-0.2, 0) is 4.74 Å². The molecule has 5 heteroatoms. The molecule has 0 saturated carbocycles. The van der Waals surface area contributed by atoms with E-state index in [0.29, 0.717) is 19.0 Å². The second-order valence-electron chi connectivity index (χ2n) is 5.90. The number of nitrogens with zero attached hydrogens (tertiary/aromatic N) is 1. The maximum Gasteiger partial charge on any atom is 0.410 e. The second kappa shape index (κ2) is 5.04. The van der Waals surface area contributed by atoms with Gasteiger partial charge in [-0.25, -0.2) is 4.79 Å². The first-order valence-corrected chi connectivity index (χ1v) is 7.08. The summed E-state index contributed by atoms with van der Waals surface area (Å²) in [5.41, 5.74) is 7.27. The van der Waals surface area contributed by atoms with Crippen LogP contribution in [0, 0.1) is 0 Å². The van der Waals surface area contributed by atoms with Gasteiger partial charge in [-0.1, -0.05) is 15.9 Å². The maximum absolute atomic E-state index is 11.8. The number of ether oxygens (including phenoxy) is 1. The van der Waals surface area contributed by atoms with Crippen molar-refractivity contribution in [2.24, 2.45) is 0 Å². The normalized spacial score (nSPS) is 16.1. The molecule has 104 valence electrons. The quantitative estimate of drug-likeness (QED) is 0.805. The van der Waals surface area contributed by atoms with Gasteiger partial charge >= 0.3 is 6.09 Å². The Hall–Kier alpha value is -1.23. The van der Waals surface area contributed by atoms with Gasteiger partial charge in [0.15, 0.2) is 0 Å². The fourth-order valence-electron chi connectivity index (χ4n) is 2.04. The number of nitrogen functional groups attached to an aromatic ring is 1. The summed E-state index contributed by atoms with van der Waals surface area (Å²) in [6, 6.07) is 5.88. The van der Waals surface area contributed by atoms with Crippen molar-refractivity contribution in [2.45, 2.75) is 32.3 Å². The Bertz CT molecular complexity index is 470. The summed E-state index contributed by atoms with van der Waals surface area (Å²) in [6.07, 6.45) is -0.244. The van der Waals surface area contributed by atoms with E-state index in [1.165, 1.54) is 0 Å². The van der Waals surface area contributed by atoms with E-state index < -0.39 is 5.60 Å². The average molecular weight is 327 g/mol. The van der Waals surface area contributed by atoms with Crippen LogP contribution in [0.1, 0.15) is 32.3 Å². The number of nitrogens with two attached hydrogens (primary N) is 1. The number of likely N-dealkylation sites (tertiary alicyclic amines) is 1. The molecule has 1 aliphatic heterocycles. The number of anilines is 1. The third-order valence-electron chi connectivity index (χ3n) is 2.95. The highest BCUT2D eigenvalue weighted by molar-refractivity contribution is 9.10. The Labute approximate surface area is 122 Å². The Morgan fingerprint density at radius 1 is 1.37 bits per heavy atom. The van der Waals surface area contributed by atoms with Gasteiger partial charge in [-0.3, -0.25) is 0 Å². The van der Waals surface area contributed by atoms with Gasteiger partial charge in [0.05, 0.1) is 0 Å². The van der Waals surface area contributed by atoms with Crippen LogP contribution < -0.4 is 5.73 Å². The lowest BCUT2D eigenvalue weighted by Crippen LogP contribution is -2.50. The van der Waals surface area contributed by atoms with Crippen molar-refractivity contribution in [3.8, 4) is 0 Å². The van der Waals surface area contributed by atoms with Crippen LogP contribution in [0.25, 0.3) is 0 Å². The number of benzene rings is 1. The minimum absolute atomic E-state index is 0.244. The van der Waals surface area contributed by atoms with Gasteiger partial charge < -0.3 is 15.4 Å². The third kappa shape index (κ3) is 3.62. The van der Waals surface area contributed by atoms with Crippen LogP contribution in [0.15, 0.2) is 22.7 Å². The third-order valence-corrected chi connectivity index (χ3v) is 3.40. The molecule has 2 N–H and O–H groups in total. The van der Waals surface area contributed by atoms with E-state index in [4.69, 9.17) is 10.5 Å². The molecule has 1 aromatic rings. The van der Waals surface area contributed by atoms with Crippen molar-refractivity contribution in [3.05, 3.63) is 28.2 Å². The number of hydrogen-bond acceptors (Lipinski definition) is 3. The van der Waals surface area contributed by atoms with Crippen LogP contribution in [-0.4, -0.2) is 29.7 Å². The van der Waals surface area contributed by atoms with Crippen LogP contribution >= 0.6 is 15.9 Å². The van der Waals surface area contributed by atoms with Gasteiger partial charge in [-0.2, -0.15) is 0 Å². The first-order chi connectivity index (χ1) is 8.74. The van der Waals surface area contributed by atoms with Crippen LogP contribution in [0.2, 0.25) is 0 Å². The van der Waals surface area contributed by atoms with Gasteiger partial charge in [0.25, 0.3) is 0 Å². The molecule has 0 radical (unpaired) electrons. The summed E-state index contributed by atoms with van der Waals surface area (Å²) in [6.45, 7) is 6.99. The SMILES string of the molecule is CC(C)(C)OC(=O)N1CC(c2cc(N)cc(Br)c2)C1. The van der Waals surface area contributed by atoms with Crippen molar-refractivity contribution in [1.29, 1.82) is 0 Å². The number of halogens is 1. The van der Waals surface area contributed by atoms with E-state index in [1.807, 2.05) is 39.0 Å². The molecule has 0 spiro atoms. The molecular weight excluding hydrogens is 308 g/mol. The van der Waals surface area contributed by atoms with Crippen molar-refractivity contribution in [2.75, 3.05) is 18.8 Å². The highest BCUT2D eigenvalue weighted by Crippen LogP contribution is 2.31. The standard InChI is InChI=1S/C14H19BrN2O2/c1-14(2,3)19-13(18)17-7-10(8-17)9-4-11(15)6-12(16)5-9/h4-6,10H,7-8,16H2,1-3H3. The molecule has 19 heavy (non-hydrogen) atoms. The minimum atomic E-state index is -0.442. The van der Waals surface area contributed by atoms with Crippen LogP contribution in [0.5, 0.6) is 0 Å². The maximum atomic E-state index is 11.8. The highest BCUT2D eigenvalue weighted by atomic mass is 79.9. The Kier molecular flexibility index (Phi) is 3.76. The molecule has 1 aliphatic rings. The lowest BCUT2D eigenvalue weighted by molar-refractivity contribution is 0.00820. The zero-order valence-corrected chi connectivity index (χ0v) is 13.0. The number of rotatable bonds is 1. The number of carbonyl (C=O) groups excluding carboxylic acids is 1. The van der Waals surface area contributed by atoms with Gasteiger partial charge in [0.2, 0.25) is 0 Å². The van der Waals surface area contributed by atoms with Crippen LogP contribution in [0.4, 0.5) is 10.5 Å². The molecular formula is C14H19BrN2O2. The molecule has 4 nitrogen and oxygen atoms in total. The molecule has 1 aromatic carbocycles. The molecule has 2 rings (SSSR count). The van der Waals surface area contributed by atoms with E-state index in [0.717, 1.165) is 15.7 Å². The molecule has 0 aromatic heterocycles. The van der Waals surface area contributed by atoms with Crippen molar-refractivity contribution < 1.29 is 9.53 Å². The number of amides is 1. The molecule has 0 atom stereocenters. The van der Waals surface area contributed by atoms with Crippen molar-refractivity contribution >= 4 is 27.7 Å². The average Bonchev–Trinajstić information content (AvgIpc) is 2.09. The Morgan fingerprint density at radius 3 is 2.53 bits per heavy atom. The lowest BCUT2D eigenvalue weighted by Gasteiger charge is -2.40. The number of hydrogen-bond donors (Lipinski definition) is 1. The topological polar surface area (TPSA) is 55.6 Å². The Morgan fingerprint density at radius 2 is 2.00 bits per heavy atom. The van der Waals surface area contributed by atoms with Crippen molar-refractivity contribution in [3.63, 3.8) is 0 Å². The zero-order chi connectivity index (χ0) is 14.2. The summed E-state index contributed by atoms with van der Waals surface area (Å²) in [5, 5.41) is 0. The lowest BCUT2D eigenvalue weighted by atomic mass is 9.91. The zero-order valence-electron chi connectivity index (χ0n) is 11.4. The molecule has 0 bridgehead atoms. The molecule has 0 aliphatic carbocycles. The highest BCUT2D eigenvalue weighted by Gasteiger charge is 2.34. The predicted octanol–water partition coefficient (Wildman–Crippen LogP) is 3.37. The fourth-order valence-corrected chi connectivity index (χ4v) is 2.57. The molecule has 1 saturated heterocycles. The van der Waals surface area contributed by atoms with E-state index in [2.05, 4.69) is 15.9 Å². The van der Waals surface area contributed by atoms with Crippen molar-refractivity contribution in [1.82, 2.24) is 4.90 Å². The van der Waals surface area contributed by atoms with Gasteiger partial charge in [-0.15, -0.1) is 0 Å². The summed E-state index contributed by atoms with van der Waals surface area (Å²) < 4.78 is 6.30. The molecule has 0 unspecified atom stereocenters. The van der Waals surface area contributed by atoms with E-state index in [1.54, 1.807) is 4.90 Å². The van der Waals surface area contributed by atoms with Gasteiger partial charge in [0.1, 0.15) is 5.60 Å². The largest absolute Gasteiger partial charge is 0.444 e. The summed E-state index contributed by atoms with van der Waals surface area (Å²) in [4.78, 5) is 13.5. The summed E-state index contributed by atoms with van der Waals surface area (Å²) in [7, 11) is 0. The Balaban J connectivity index is 1.94. The van der Waals surface area contributed by atoms with Gasteiger partial charge in [0, 0.05) is 29.2 Å². The molecule has 1 fully saturated rings. The summed E-state index contributed by atoms with van der Waals surface area (Å²) >= 11 is 3.43. The number of carbonyl (C=O) groups is 1. The van der Waals surface area contributed by atoms with Gasteiger partial charge in [-0.05, 0) is 44.5 Å². The van der Waals surface area contributed by atoms with Crippen LogP contribution in [0.3, 0.4) is 0 Å². The summed E-state index contributed by atoms with van der Waals surface area (Å²) in [5.74, 6) is 0.340. The first-order valence-electron chi connectivity index (χ1n) is 6.28. The molecule has 1 amide bonds. The van der Waals surface area contributed by atoms with E-state index in [-0.39, 0.29) is 6.09 Å². The first kappa shape index (κ1) is 14.2. The predicted molar refractivity (Wildman–Crippen MR) is 79.1 cm³/mol. The minimum Gasteiger partial charge on any atom is -0.444 e. The van der Waals surface area contributed by atoms with E-state index >= 15 is 0 Å². The smallest absolute Gasteiger partial charge is 0.410 e. The van der Waals surface area contributed by atoms with E-state index in [9.17, 15) is 4.79 Å². The molecule has 1 heterocycles. The second-order valence-corrected chi connectivity index (χ2v) is 6.82. The monoisotopic (exact) mass is 326 g/mol.